The molecule has 2 aliphatic heterocycles. The lowest BCUT2D eigenvalue weighted by Crippen LogP contribution is -2.45. The van der Waals surface area contributed by atoms with Crippen molar-refractivity contribution >= 4 is 0 Å². The molecule has 4 heterocycles. The van der Waals surface area contributed by atoms with Crippen LogP contribution < -0.4 is 4.74 Å². The van der Waals surface area contributed by atoms with E-state index >= 15 is 0 Å². The smallest absolute Gasteiger partial charge is 0.211 e. The Bertz CT molecular complexity index is 858. The first-order valence-corrected chi connectivity index (χ1v) is 9.09. The van der Waals surface area contributed by atoms with E-state index in [9.17, 15) is 0 Å². The fourth-order valence-electron chi connectivity index (χ4n) is 4.23. The van der Waals surface area contributed by atoms with Crippen LogP contribution in [0.4, 0.5) is 0 Å². The van der Waals surface area contributed by atoms with Crippen LogP contribution in [0.2, 0.25) is 0 Å². The predicted octanol–water partition coefficient (Wildman–Crippen LogP) is 2.15. The number of tetrazole rings is 1. The number of fused-ring (bicyclic) bond motifs is 4. The minimum absolute atomic E-state index is 0.315. The van der Waals surface area contributed by atoms with Gasteiger partial charge in [-0.05, 0) is 37.0 Å². The summed E-state index contributed by atoms with van der Waals surface area (Å²) in [7, 11) is 0. The second-order valence-corrected chi connectivity index (χ2v) is 7.04. The van der Waals surface area contributed by atoms with Crippen LogP contribution in [-0.2, 0) is 19.6 Å². The summed E-state index contributed by atoms with van der Waals surface area (Å²) < 4.78 is 5.70. The molecule has 2 aliphatic rings. The zero-order chi connectivity index (χ0) is 17.3. The molecule has 2 bridgehead atoms. The van der Waals surface area contributed by atoms with E-state index in [1.54, 1.807) is 0 Å². The molecule has 0 radical (unpaired) electrons. The summed E-state index contributed by atoms with van der Waals surface area (Å²) in [4.78, 5) is 2.65. The van der Waals surface area contributed by atoms with E-state index in [0.29, 0.717) is 24.5 Å². The van der Waals surface area contributed by atoms with E-state index in [1.165, 1.54) is 36.1 Å². The van der Waals surface area contributed by atoms with Gasteiger partial charge in [0.1, 0.15) is 5.75 Å². The normalized spacial score (nSPS) is 22.2. The topological polar surface area (TPSA) is 95.6 Å². The fourth-order valence-corrected chi connectivity index (χ4v) is 4.23. The van der Waals surface area contributed by atoms with Crippen molar-refractivity contribution in [2.75, 3.05) is 0 Å². The summed E-state index contributed by atoms with van der Waals surface area (Å²) in [5.74, 6) is 1.36. The first kappa shape index (κ1) is 15.5. The number of nitrogens with zero attached hydrogens (tertiary/aromatic N) is 5. The molecule has 134 valence electrons. The highest BCUT2D eigenvalue weighted by molar-refractivity contribution is 5.30. The van der Waals surface area contributed by atoms with Gasteiger partial charge in [-0.2, -0.15) is 10.3 Å². The largest absolute Gasteiger partial charge is 0.485 e. The number of aromatic nitrogens is 6. The van der Waals surface area contributed by atoms with Crippen LogP contribution in [0.25, 0.3) is 0 Å². The van der Waals surface area contributed by atoms with Crippen LogP contribution in [0.3, 0.4) is 0 Å². The average molecular weight is 351 g/mol. The quantitative estimate of drug-likeness (QED) is 0.731. The molecule has 2 N–H and O–H groups in total. The molecule has 1 saturated heterocycles. The molecule has 0 amide bonds. The third-order valence-corrected chi connectivity index (χ3v) is 5.48. The Morgan fingerprint density at radius 1 is 1.19 bits per heavy atom. The molecule has 1 aromatic carbocycles. The number of nitrogens with one attached hydrogen (secondary N) is 2. The maximum absolute atomic E-state index is 5.70. The summed E-state index contributed by atoms with van der Waals surface area (Å²) in [6.45, 7) is 1.28. The zero-order valence-corrected chi connectivity index (χ0v) is 14.4. The van der Waals surface area contributed by atoms with E-state index in [0.717, 1.165) is 18.7 Å². The Morgan fingerprint density at radius 3 is 2.96 bits per heavy atom. The van der Waals surface area contributed by atoms with Crippen LogP contribution >= 0.6 is 0 Å². The highest BCUT2D eigenvalue weighted by atomic mass is 16.5. The molecule has 2 aromatic heterocycles. The van der Waals surface area contributed by atoms with Gasteiger partial charge in [0.15, 0.2) is 6.61 Å². The lowest BCUT2D eigenvalue weighted by Gasteiger charge is -2.45. The Kier molecular flexibility index (Phi) is 3.89. The van der Waals surface area contributed by atoms with Crippen LogP contribution in [0.15, 0.2) is 30.5 Å². The fraction of sp³-hybridized carbons (Fsp3) is 0.444. The van der Waals surface area contributed by atoms with Crippen LogP contribution in [0.1, 0.15) is 47.9 Å². The minimum Gasteiger partial charge on any atom is -0.485 e. The number of benzene rings is 1. The highest BCUT2D eigenvalue weighted by Gasteiger charge is 2.38. The summed E-state index contributed by atoms with van der Waals surface area (Å²) in [5.41, 5.74) is 4.03. The third kappa shape index (κ3) is 2.86. The maximum Gasteiger partial charge on any atom is 0.211 e. The molecule has 26 heavy (non-hydrogen) atoms. The second-order valence-electron chi connectivity index (χ2n) is 7.04. The summed E-state index contributed by atoms with van der Waals surface area (Å²) in [6.07, 6.45) is 6.89. The van der Waals surface area contributed by atoms with E-state index in [4.69, 9.17) is 4.74 Å². The second kappa shape index (κ2) is 6.53. The maximum atomic E-state index is 5.70. The molecule has 1 fully saturated rings. The van der Waals surface area contributed by atoms with Crippen molar-refractivity contribution in [3.63, 3.8) is 0 Å². The van der Waals surface area contributed by atoms with E-state index in [-0.39, 0.29) is 0 Å². The van der Waals surface area contributed by atoms with Gasteiger partial charge in [0.2, 0.25) is 5.82 Å². The number of aromatic amines is 2. The SMILES string of the molecule is c1cc(OCc2nn[nH]n2)ccc1CN1C2CCCC1c1cn[nH]c1C2. The number of hydrogen-bond acceptors (Lipinski definition) is 6. The Hall–Kier alpha value is -2.74. The van der Waals surface area contributed by atoms with Gasteiger partial charge in [-0.3, -0.25) is 10.00 Å². The van der Waals surface area contributed by atoms with Crippen molar-refractivity contribution in [1.29, 1.82) is 0 Å². The molecule has 0 spiro atoms. The van der Waals surface area contributed by atoms with Crippen molar-refractivity contribution in [3.05, 3.63) is 53.1 Å². The Balaban J connectivity index is 1.27. The molecule has 8 nitrogen and oxygen atoms in total. The molecule has 0 saturated carbocycles. The van der Waals surface area contributed by atoms with Crippen molar-refractivity contribution in [2.24, 2.45) is 0 Å². The highest BCUT2D eigenvalue weighted by Crippen LogP contribution is 2.41. The molecule has 2 unspecified atom stereocenters. The molecule has 2 atom stereocenters. The summed E-state index contributed by atoms with van der Waals surface area (Å²) in [6, 6.07) is 9.41. The van der Waals surface area contributed by atoms with Gasteiger partial charge in [0.25, 0.3) is 0 Å². The van der Waals surface area contributed by atoms with Crippen LogP contribution in [0.5, 0.6) is 5.75 Å². The molecule has 5 rings (SSSR count). The molecular formula is C18H21N7O. The van der Waals surface area contributed by atoms with Gasteiger partial charge < -0.3 is 4.74 Å². The molecule has 3 aromatic rings. The van der Waals surface area contributed by atoms with E-state index in [2.05, 4.69) is 47.9 Å². The van der Waals surface area contributed by atoms with Gasteiger partial charge in [0, 0.05) is 36.3 Å². The monoisotopic (exact) mass is 351 g/mol. The molecule has 0 aliphatic carbocycles. The number of piperidine rings is 1. The number of H-pyrrole nitrogens is 2. The Morgan fingerprint density at radius 2 is 2.12 bits per heavy atom. The van der Waals surface area contributed by atoms with Gasteiger partial charge in [-0.15, -0.1) is 10.2 Å². The minimum atomic E-state index is 0.315. The van der Waals surface area contributed by atoms with Gasteiger partial charge >= 0.3 is 0 Å². The first-order chi connectivity index (χ1) is 12.9. The van der Waals surface area contributed by atoms with Crippen molar-refractivity contribution < 1.29 is 4.74 Å². The summed E-state index contributed by atoms with van der Waals surface area (Å²) >= 11 is 0. The van der Waals surface area contributed by atoms with Gasteiger partial charge in [-0.1, -0.05) is 17.3 Å². The molecule has 8 heteroatoms. The third-order valence-electron chi connectivity index (χ3n) is 5.48. The standard InChI is InChI=1S/C18H21N7O/c1-2-13-8-16-15(9-19-20-16)17(3-1)25(13)10-12-4-6-14(7-5-12)26-11-18-21-23-24-22-18/h4-7,9,13,17H,1-3,8,10-11H2,(H,19,20)(H,21,22,23,24). The van der Waals surface area contributed by atoms with Gasteiger partial charge in [-0.25, -0.2) is 0 Å². The van der Waals surface area contributed by atoms with Gasteiger partial charge in [0.05, 0.1) is 6.20 Å². The zero-order valence-electron chi connectivity index (χ0n) is 14.4. The number of hydrogen-bond donors (Lipinski definition) is 2. The van der Waals surface area contributed by atoms with Crippen molar-refractivity contribution in [3.8, 4) is 5.75 Å². The van der Waals surface area contributed by atoms with E-state index < -0.39 is 0 Å². The lowest BCUT2D eigenvalue weighted by atomic mass is 9.83. The summed E-state index contributed by atoms with van der Waals surface area (Å²) in [5, 5.41) is 21.2. The van der Waals surface area contributed by atoms with E-state index in [1.807, 2.05) is 18.3 Å². The van der Waals surface area contributed by atoms with Crippen molar-refractivity contribution in [1.82, 2.24) is 35.7 Å². The number of rotatable bonds is 5. The lowest BCUT2D eigenvalue weighted by molar-refractivity contribution is 0.0605. The first-order valence-electron chi connectivity index (χ1n) is 9.09. The van der Waals surface area contributed by atoms with Crippen molar-refractivity contribution in [2.45, 2.75) is 50.9 Å². The predicted molar refractivity (Wildman–Crippen MR) is 93.2 cm³/mol. The average Bonchev–Trinajstić information content (AvgIpc) is 3.33. The van der Waals surface area contributed by atoms with Crippen LogP contribution in [-0.4, -0.2) is 41.8 Å². The number of ether oxygens (including phenoxy) is 1. The van der Waals surface area contributed by atoms with Crippen LogP contribution in [0, 0.1) is 0 Å². The Labute approximate surface area is 150 Å². The molecular weight excluding hydrogens is 330 g/mol.